The molecule has 0 saturated heterocycles. The first-order valence-electron chi connectivity index (χ1n) is 7.67. The van der Waals surface area contributed by atoms with Gasteiger partial charge < -0.3 is 15.2 Å². The Bertz CT molecular complexity index is 659. The van der Waals surface area contributed by atoms with Crippen LogP contribution in [0.25, 0.3) is 0 Å². The highest BCUT2D eigenvalue weighted by atomic mass is 15.3. The van der Waals surface area contributed by atoms with Crippen LogP contribution in [0.15, 0.2) is 48.0 Å². The van der Waals surface area contributed by atoms with E-state index in [0.717, 1.165) is 17.6 Å². The summed E-state index contributed by atoms with van der Waals surface area (Å²) in [5, 5.41) is 14.8. The SMILES string of the molecule is C=CCNC(=NCc1nnc(C)n1C)NC(C)c1ccccc1. The molecular formula is C17H24N6. The highest BCUT2D eigenvalue weighted by Crippen LogP contribution is 2.10. The van der Waals surface area contributed by atoms with Crippen molar-refractivity contribution in [1.82, 2.24) is 25.4 Å². The summed E-state index contributed by atoms with van der Waals surface area (Å²) < 4.78 is 1.94. The van der Waals surface area contributed by atoms with Crippen LogP contribution in [-0.4, -0.2) is 27.3 Å². The number of nitrogens with one attached hydrogen (secondary N) is 2. The summed E-state index contributed by atoms with van der Waals surface area (Å²) in [5.74, 6) is 2.43. The fourth-order valence-corrected chi connectivity index (χ4v) is 2.09. The molecule has 0 aliphatic rings. The number of rotatable bonds is 6. The number of hydrogen-bond donors (Lipinski definition) is 2. The monoisotopic (exact) mass is 312 g/mol. The van der Waals surface area contributed by atoms with Gasteiger partial charge in [-0.3, -0.25) is 0 Å². The van der Waals surface area contributed by atoms with Crippen LogP contribution in [0.1, 0.15) is 30.2 Å². The summed E-state index contributed by atoms with van der Waals surface area (Å²) >= 11 is 0. The van der Waals surface area contributed by atoms with Crippen molar-refractivity contribution >= 4 is 5.96 Å². The van der Waals surface area contributed by atoms with Gasteiger partial charge in [0, 0.05) is 13.6 Å². The van der Waals surface area contributed by atoms with Gasteiger partial charge in [-0.2, -0.15) is 0 Å². The van der Waals surface area contributed by atoms with Crippen molar-refractivity contribution in [1.29, 1.82) is 0 Å². The third-order valence-electron chi connectivity index (χ3n) is 3.63. The molecule has 2 N–H and O–H groups in total. The van der Waals surface area contributed by atoms with E-state index in [1.807, 2.05) is 36.7 Å². The molecule has 122 valence electrons. The largest absolute Gasteiger partial charge is 0.353 e. The summed E-state index contributed by atoms with van der Waals surface area (Å²) in [6.45, 7) is 8.87. The zero-order valence-corrected chi connectivity index (χ0v) is 14.0. The Morgan fingerprint density at radius 2 is 2.09 bits per heavy atom. The van der Waals surface area contributed by atoms with E-state index in [1.54, 1.807) is 6.08 Å². The molecule has 0 radical (unpaired) electrons. The summed E-state index contributed by atoms with van der Waals surface area (Å²) in [5.41, 5.74) is 1.20. The van der Waals surface area contributed by atoms with Crippen LogP contribution in [0.2, 0.25) is 0 Å². The molecule has 2 aromatic rings. The fraction of sp³-hybridized carbons (Fsp3) is 0.353. The fourth-order valence-electron chi connectivity index (χ4n) is 2.09. The Hall–Kier alpha value is -2.63. The maximum atomic E-state index is 4.59. The van der Waals surface area contributed by atoms with E-state index in [0.29, 0.717) is 13.1 Å². The lowest BCUT2D eigenvalue weighted by Crippen LogP contribution is -2.39. The first-order chi connectivity index (χ1) is 11.1. The Kier molecular flexibility index (Phi) is 5.91. The molecule has 1 aromatic carbocycles. The molecule has 0 fully saturated rings. The summed E-state index contributed by atoms with van der Waals surface area (Å²) in [7, 11) is 1.94. The molecule has 1 atom stereocenters. The second kappa shape index (κ2) is 8.12. The van der Waals surface area contributed by atoms with Crippen LogP contribution >= 0.6 is 0 Å². The Balaban J connectivity index is 2.08. The van der Waals surface area contributed by atoms with Crippen molar-refractivity contribution in [3.05, 3.63) is 60.2 Å². The van der Waals surface area contributed by atoms with Gasteiger partial charge >= 0.3 is 0 Å². The summed E-state index contributed by atoms with van der Waals surface area (Å²) in [6, 6.07) is 10.4. The molecule has 0 amide bonds. The average Bonchev–Trinajstić information content (AvgIpc) is 2.89. The van der Waals surface area contributed by atoms with Gasteiger partial charge in [0.2, 0.25) is 0 Å². The minimum Gasteiger partial charge on any atom is -0.353 e. The molecule has 0 aliphatic carbocycles. The van der Waals surface area contributed by atoms with E-state index in [9.17, 15) is 0 Å². The van der Waals surface area contributed by atoms with Gasteiger partial charge in [0.1, 0.15) is 12.4 Å². The Labute approximate surface area is 137 Å². The minimum atomic E-state index is 0.147. The third-order valence-corrected chi connectivity index (χ3v) is 3.63. The van der Waals surface area contributed by atoms with Gasteiger partial charge in [0.15, 0.2) is 11.8 Å². The van der Waals surface area contributed by atoms with Gasteiger partial charge in [-0.15, -0.1) is 16.8 Å². The Morgan fingerprint density at radius 3 is 2.70 bits per heavy atom. The number of benzene rings is 1. The lowest BCUT2D eigenvalue weighted by Gasteiger charge is -2.18. The number of aromatic nitrogens is 3. The van der Waals surface area contributed by atoms with Crippen molar-refractivity contribution in [3.63, 3.8) is 0 Å². The zero-order chi connectivity index (χ0) is 16.7. The van der Waals surface area contributed by atoms with Gasteiger partial charge in [-0.05, 0) is 19.4 Å². The number of nitrogens with zero attached hydrogens (tertiary/aromatic N) is 4. The first kappa shape index (κ1) is 16.7. The predicted molar refractivity (Wildman–Crippen MR) is 93.1 cm³/mol. The van der Waals surface area contributed by atoms with Crippen molar-refractivity contribution in [2.75, 3.05) is 6.54 Å². The van der Waals surface area contributed by atoms with E-state index in [2.05, 4.69) is 51.5 Å². The molecular weight excluding hydrogens is 288 g/mol. The van der Waals surface area contributed by atoms with E-state index in [1.165, 1.54) is 5.56 Å². The number of aliphatic imine (C=N–C) groups is 1. The second-order valence-corrected chi connectivity index (χ2v) is 5.33. The van der Waals surface area contributed by atoms with Crippen LogP contribution in [-0.2, 0) is 13.6 Å². The molecule has 1 aromatic heterocycles. The van der Waals surface area contributed by atoms with Crippen LogP contribution in [0.3, 0.4) is 0 Å². The van der Waals surface area contributed by atoms with Gasteiger partial charge in [0.25, 0.3) is 0 Å². The van der Waals surface area contributed by atoms with Crippen molar-refractivity contribution in [2.45, 2.75) is 26.4 Å². The van der Waals surface area contributed by atoms with Gasteiger partial charge in [0.05, 0.1) is 6.04 Å². The summed E-state index contributed by atoms with van der Waals surface area (Å²) in [4.78, 5) is 4.59. The van der Waals surface area contributed by atoms with Gasteiger partial charge in [-0.25, -0.2) is 4.99 Å². The minimum absolute atomic E-state index is 0.147. The van der Waals surface area contributed by atoms with Crippen LogP contribution in [0.4, 0.5) is 0 Å². The van der Waals surface area contributed by atoms with Crippen molar-refractivity contribution in [3.8, 4) is 0 Å². The smallest absolute Gasteiger partial charge is 0.192 e. The maximum Gasteiger partial charge on any atom is 0.192 e. The molecule has 0 aliphatic heterocycles. The molecule has 2 rings (SSSR count). The quantitative estimate of drug-likeness (QED) is 0.487. The number of hydrogen-bond acceptors (Lipinski definition) is 3. The normalized spacial score (nSPS) is 12.7. The molecule has 1 heterocycles. The lowest BCUT2D eigenvalue weighted by molar-refractivity contribution is 0.685. The van der Waals surface area contributed by atoms with E-state index in [4.69, 9.17) is 0 Å². The van der Waals surface area contributed by atoms with Crippen molar-refractivity contribution < 1.29 is 0 Å². The maximum absolute atomic E-state index is 4.59. The number of aryl methyl sites for hydroxylation is 1. The standard InChI is InChI=1S/C17H24N6/c1-5-11-18-17(19-12-16-22-21-14(3)23(16)4)20-13(2)15-9-7-6-8-10-15/h5-10,13H,1,11-12H2,2-4H3,(H2,18,19,20). The molecule has 6 heteroatoms. The number of guanidine groups is 1. The van der Waals surface area contributed by atoms with Crippen molar-refractivity contribution in [2.24, 2.45) is 12.0 Å². The van der Waals surface area contributed by atoms with E-state index >= 15 is 0 Å². The van der Waals surface area contributed by atoms with E-state index in [-0.39, 0.29) is 6.04 Å². The van der Waals surface area contributed by atoms with Crippen LogP contribution in [0.5, 0.6) is 0 Å². The zero-order valence-electron chi connectivity index (χ0n) is 14.0. The molecule has 0 bridgehead atoms. The predicted octanol–water partition coefficient (Wildman–Crippen LogP) is 2.11. The molecule has 0 spiro atoms. The second-order valence-electron chi connectivity index (χ2n) is 5.33. The average molecular weight is 312 g/mol. The summed E-state index contributed by atoms with van der Waals surface area (Å²) in [6.07, 6.45) is 1.80. The molecule has 23 heavy (non-hydrogen) atoms. The molecule has 1 unspecified atom stereocenters. The van der Waals surface area contributed by atoms with Crippen LogP contribution in [0, 0.1) is 6.92 Å². The lowest BCUT2D eigenvalue weighted by atomic mass is 10.1. The highest BCUT2D eigenvalue weighted by molar-refractivity contribution is 5.80. The van der Waals surface area contributed by atoms with E-state index < -0.39 is 0 Å². The third kappa shape index (κ3) is 4.67. The first-order valence-corrected chi connectivity index (χ1v) is 7.67. The highest BCUT2D eigenvalue weighted by Gasteiger charge is 2.08. The molecule has 0 saturated carbocycles. The molecule has 6 nitrogen and oxygen atoms in total. The topological polar surface area (TPSA) is 67.1 Å². The van der Waals surface area contributed by atoms with Crippen LogP contribution < -0.4 is 10.6 Å². The Morgan fingerprint density at radius 1 is 1.35 bits per heavy atom. The van der Waals surface area contributed by atoms with Gasteiger partial charge in [-0.1, -0.05) is 36.4 Å².